The Morgan fingerprint density at radius 3 is 3.25 bits per heavy atom. The second kappa shape index (κ2) is 4.47. The van der Waals surface area contributed by atoms with Crippen LogP contribution in [0.2, 0.25) is 0 Å². The lowest BCUT2D eigenvalue weighted by Gasteiger charge is -1.96. The molecule has 0 saturated heterocycles. The number of carbonyl (C=O) groups excluding carboxylic acids is 1. The molecule has 0 aliphatic heterocycles. The van der Waals surface area contributed by atoms with Gasteiger partial charge in [-0.1, -0.05) is 0 Å². The van der Waals surface area contributed by atoms with Gasteiger partial charge in [-0.3, -0.25) is 10.1 Å². The summed E-state index contributed by atoms with van der Waals surface area (Å²) in [6, 6.07) is 3.37. The molecule has 0 spiro atoms. The van der Waals surface area contributed by atoms with Crippen molar-refractivity contribution in [2.45, 2.75) is 6.92 Å². The van der Waals surface area contributed by atoms with Crippen LogP contribution in [0.4, 0.5) is 5.95 Å². The molecule has 1 amide bonds. The summed E-state index contributed by atoms with van der Waals surface area (Å²) in [6.45, 7) is 2.28. The second-order valence-corrected chi connectivity index (χ2v) is 2.83. The van der Waals surface area contributed by atoms with Crippen LogP contribution in [0.15, 0.2) is 22.8 Å². The van der Waals surface area contributed by atoms with E-state index in [-0.39, 0.29) is 17.7 Å². The lowest BCUT2D eigenvalue weighted by atomic mass is 10.4. The van der Waals surface area contributed by atoms with Crippen molar-refractivity contribution in [2.75, 3.05) is 11.9 Å². The molecular weight excluding hydrogens is 212 g/mol. The predicted molar refractivity (Wildman–Crippen MR) is 54.2 cm³/mol. The highest BCUT2D eigenvalue weighted by Gasteiger charge is 2.11. The van der Waals surface area contributed by atoms with Crippen LogP contribution >= 0.6 is 0 Å². The van der Waals surface area contributed by atoms with E-state index in [9.17, 15) is 4.79 Å². The van der Waals surface area contributed by atoms with Crippen molar-refractivity contribution in [3.05, 3.63) is 24.2 Å². The zero-order chi connectivity index (χ0) is 11.4. The molecule has 84 valence electrons. The summed E-state index contributed by atoms with van der Waals surface area (Å²) >= 11 is 0. The first kappa shape index (κ1) is 10.2. The van der Waals surface area contributed by atoms with Crippen molar-refractivity contribution in [1.82, 2.24) is 15.2 Å². The van der Waals surface area contributed by atoms with Gasteiger partial charge in [0.1, 0.15) is 0 Å². The van der Waals surface area contributed by atoms with Gasteiger partial charge in [0.25, 0.3) is 5.91 Å². The molecule has 2 N–H and O–H groups in total. The second-order valence-electron chi connectivity index (χ2n) is 2.83. The zero-order valence-electron chi connectivity index (χ0n) is 8.56. The molecular formula is C9H10N4O3. The summed E-state index contributed by atoms with van der Waals surface area (Å²) in [5.41, 5.74) is 0. The van der Waals surface area contributed by atoms with Gasteiger partial charge in [0.05, 0.1) is 12.9 Å². The number of anilines is 1. The fourth-order valence-corrected chi connectivity index (χ4v) is 1.07. The molecule has 0 atom stereocenters. The number of amides is 1. The molecule has 2 aromatic heterocycles. The quantitative estimate of drug-likeness (QED) is 0.806. The minimum Gasteiger partial charge on any atom is -0.463 e. The Hall–Kier alpha value is -2.31. The summed E-state index contributed by atoms with van der Waals surface area (Å²) in [6.07, 6.45) is 1.42. The summed E-state index contributed by atoms with van der Waals surface area (Å²) < 4.78 is 9.95. The Balaban J connectivity index is 2.01. The lowest BCUT2D eigenvalue weighted by Crippen LogP contribution is -2.11. The van der Waals surface area contributed by atoms with Gasteiger partial charge in [0.2, 0.25) is 5.95 Å². The van der Waals surface area contributed by atoms with Crippen LogP contribution in [-0.4, -0.2) is 27.7 Å². The molecule has 2 heterocycles. The third-order valence-corrected chi connectivity index (χ3v) is 1.72. The number of ether oxygens (including phenoxy) is 1. The monoisotopic (exact) mass is 222 g/mol. The maximum Gasteiger partial charge on any atom is 0.337 e. The van der Waals surface area contributed by atoms with E-state index in [4.69, 9.17) is 9.15 Å². The molecule has 0 unspecified atom stereocenters. The van der Waals surface area contributed by atoms with E-state index in [1.807, 2.05) is 6.92 Å². The van der Waals surface area contributed by atoms with Crippen molar-refractivity contribution >= 4 is 11.9 Å². The van der Waals surface area contributed by atoms with Gasteiger partial charge in [-0.05, 0) is 19.1 Å². The first-order valence-electron chi connectivity index (χ1n) is 4.69. The molecule has 7 heteroatoms. The maximum atomic E-state index is 11.5. The number of hydrogen-bond donors (Lipinski definition) is 2. The van der Waals surface area contributed by atoms with E-state index in [2.05, 4.69) is 20.5 Å². The van der Waals surface area contributed by atoms with Crippen LogP contribution in [0.5, 0.6) is 6.01 Å². The molecule has 16 heavy (non-hydrogen) atoms. The summed E-state index contributed by atoms with van der Waals surface area (Å²) in [5.74, 6) is 0.0170. The number of hydrogen-bond acceptors (Lipinski definition) is 5. The number of nitrogens with one attached hydrogen (secondary N) is 2. The SMILES string of the molecule is CCOc1n[nH]c(NC(=O)c2ccco2)n1. The molecule has 0 fully saturated rings. The number of carbonyl (C=O) groups is 1. The van der Waals surface area contributed by atoms with E-state index >= 15 is 0 Å². The number of aromatic nitrogens is 3. The molecule has 0 aromatic carbocycles. The smallest absolute Gasteiger partial charge is 0.337 e. The first-order valence-corrected chi connectivity index (χ1v) is 4.69. The van der Waals surface area contributed by atoms with Crippen LogP contribution < -0.4 is 10.1 Å². The molecule has 2 rings (SSSR count). The van der Waals surface area contributed by atoms with Crippen LogP contribution in [0.1, 0.15) is 17.5 Å². The maximum absolute atomic E-state index is 11.5. The van der Waals surface area contributed by atoms with E-state index in [1.54, 1.807) is 12.1 Å². The third-order valence-electron chi connectivity index (χ3n) is 1.72. The lowest BCUT2D eigenvalue weighted by molar-refractivity contribution is 0.0996. The Kier molecular flexibility index (Phi) is 2.86. The Morgan fingerprint density at radius 1 is 1.69 bits per heavy atom. The number of nitrogens with zero attached hydrogens (tertiary/aromatic N) is 2. The van der Waals surface area contributed by atoms with Crippen molar-refractivity contribution in [1.29, 1.82) is 0 Å². The molecule has 0 aliphatic rings. The predicted octanol–water partition coefficient (Wildman–Crippen LogP) is 1.05. The summed E-state index contributed by atoms with van der Waals surface area (Å²) in [4.78, 5) is 15.4. The first-order chi connectivity index (χ1) is 7.79. The number of rotatable bonds is 4. The summed E-state index contributed by atoms with van der Waals surface area (Å²) in [5, 5.41) is 8.74. The summed E-state index contributed by atoms with van der Waals surface area (Å²) in [7, 11) is 0. The fraction of sp³-hybridized carbons (Fsp3) is 0.222. The topological polar surface area (TPSA) is 93.0 Å². The van der Waals surface area contributed by atoms with Gasteiger partial charge in [-0.2, -0.15) is 4.98 Å². The zero-order valence-corrected chi connectivity index (χ0v) is 8.56. The van der Waals surface area contributed by atoms with Crippen molar-refractivity contribution in [3.8, 4) is 6.01 Å². The van der Waals surface area contributed by atoms with E-state index in [1.165, 1.54) is 6.26 Å². The molecule has 2 aromatic rings. The average molecular weight is 222 g/mol. The van der Waals surface area contributed by atoms with E-state index in [0.717, 1.165) is 0 Å². The van der Waals surface area contributed by atoms with Crippen molar-refractivity contribution < 1.29 is 13.9 Å². The third kappa shape index (κ3) is 2.19. The van der Waals surface area contributed by atoms with Gasteiger partial charge in [0, 0.05) is 0 Å². The number of aromatic amines is 1. The molecule has 0 saturated carbocycles. The van der Waals surface area contributed by atoms with Crippen LogP contribution in [0.3, 0.4) is 0 Å². The Bertz CT molecular complexity index is 463. The van der Waals surface area contributed by atoms with Crippen LogP contribution in [0.25, 0.3) is 0 Å². The Morgan fingerprint density at radius 2 is 2.56 bits per heavy atom. The number of H-pyrrole nitrogens is 1. The normalized spacial score (nSPS) is 10.1. The molecule has 0 radical (unpaired) electrons. The number of furan rings is 1. The van der Waals surface area contributed by atoms with Gasteiger partial charge in [0.15, 0.2) is 5.76 Å². The molecule has 0 bridgehead atoms. The van der Waals surface area contributed by atoms with Crippen LogP contribution in [-0.2, 0) is 0 Å². The molecule has 7 nitrogen and oxygen atoms in total. The fourth-order valence-electron chi connectivity index (χ4n) is 1.07. The molecule has 0 aliphatic carbocycles. The minimum atomic E-state index is -0.399. The van der Waals surface area contributed by atoms with E-state index in [0.29, 0.717) is 6.61 Å². The van der Waals surface area contributed by atoms with Gasteiger partial charge < -0.3 is 9.15 Å². The van der Waals surface area contributed by atoms with E-state index < -0.39 is 5.91 Å². The van der Waals surface area contributed by atoms with Gasteiger partial charge in [-0.25, -0.2) is 5.10 Å². The highest BCUT2D eigenvalue weighted by molar-refractivity contribution is 6.01. The standard InChI is InChI=1S/C9H10N4O3/c1-2-15-9-11-8(12-13-9)10-7(14)6-4-3-5-16-6/h3-5H,2H2,1H3,(H2,10,11,12,13,14). The largest absolute Gasteiger partial charge is 0.463 e. The van der Waals surface area contributed by atoms with Gasteiger partial charge in [-0.15, -0.1) is 5.10 Å². The highest BCUT2D eigenvalue weighted by Crippen LogP contribution is 2.08. The Labute approximate surface area is 90.8 Å². The van der Waals surface area contributed by atoms with Crippen molar-refractivity contribution in [2.24, 2.45) is 0 Å². The van der Waals surface area contributed by atoms with Crippen molar-refractivity contribution in [3.63, 3.8) is 0 Å². The van der Waals surface area contributed by atoms with Gasteiger partial charge >= 0.3 is 6.01 Å². The highest BCUT2D eigenvalue weighted by atomic mass is 16.5. The average Bonchev–Trinajstić information content (AvgIpc) is 2.89. The van der Waals surface area contributed by atoms with Crippen LogP contribution in [0, 0.1) is 0 Å². The minimum absolute atomic E-state index is 0.192.